The Morgan fingerprint density at radius 3 is 2.77 bits per heavy atom. The number of ether oxygens (including phenoxy) is 1. The molecule has 1 aromatic carbocycles. The summed E-state index contributed by atoms with van der Waals surface area (Å²) in [5.41, 5.74) is 0.909. The number of hydrogen-bond donors (Lipinski definition) is 1. The molecule has 1 aromatic heterocycles. The van der Waals surface area contributed by atoms with E-state index in [4.69, 9.17) is 10.00 Å². The number of carboxylic acids is 1. The van der Waals surface area contributed by atoms with Crippen LogP contribution in [0.15, 0.2) is 23.1 Å². The fourth-order valence-electron chi connectivity index (χ4n) is 4.38. The van der Waals surface area contributed by atoms with Gasteiger partial charge in [0, 0.05) is 44.3 Å². The minimum absolute atomic E-state index is 0.193. The maximum atomic E-state index is 12.8. The number of rotatable bonds is 7. The minimum atomic E-state index is -1.21. The molecule has 8 heteroatoms. The number of methoxy groups -OCH3 is 1. The summed E-state index contributed by atoms with van der Waals surface area (Å²) in [7, 11) is 3.64. The lowest BCUT2D eigenvalue weighted by molar-refractivity contribution is 0.0695. The third kappa shape index (κ3) is 3.50. The van der Waals surface area contributed by atoms with Crippen molar-refractivity contribution >= 4 is 22.6 Å². The molecule has 30 heavy (non-hydrogen) atoms. The first-order valence-corrected chi connectivity index (χ1v) is 10.3. The molecule has 1 saturated heterocycles. The van der Waals surface area contributed by atoms with Gasteiger partial charge in [-0.3, -0.25) is 4.79 Å². The zero-order chi connectivity index (χ0) is 21.4. The van der Waals surface area contributed by atoms with Crippen molar-refractivity contribution in [2.75, 3.05) is 38.7 Å². The number of carboxylic acid groups (broad SMARTS) is 1. The van der Waals surface area contributed by atoms with Gasteiger partial charge in [0.2, 0.25) is 5.43 Å². The van der Waals surface area contributed by atoms with Crippen molar-refractivity contribution in [1.29, 1.82) is 5.26 Å². The van der Waals surface area contributed by atoms with E-state index in [0.29, 0.717) is 29.1 Å². The maximum absolute atomic E-state index is 12.8. The first kappa shape index (κ1) is 20.2. The van der Waals surface area contributed by atoms with Crippen LogP contribution >= 0.6 is 0 Å². The Labute approximate surface area is 174 Å². The summed E-state index contributed by atoms with van der Waals surface area (Å²) < 4.78 is 7.71. The second kappa shape index (κ2) is 8.00. The third-order valence-corrected chi connectivity index (χ3v) is 6.20. The van der Waals surface area contributed by atoms with E-state index in [0.717, 1.165) is 44.6 Å². The summed E-state index contributed by atoms with van der Waals surface area (Å²) in [6, 6.07) is 6.33. The van der Waals surface area contributed by atoms with Crippen molar-refractivity contribution in [3.8, 4) is 11.8 Å². The van der Waals surface area contributed by atoms with Crippen molar-refractivity contribution in [1.82, 2.24) is 9.47 Å². The number of carbonyl (C=O) groups is 1. The molecule has 158 valence electrons. The molecular formula is C22H26N4O4. The van der Waals surface area contributed by atoms with Crippen molar-refractivity contribution in [3.63, 3.8) is 0 Å². The quantitative estimate of drug-likeness (QED) is 0.749. The Balaban J connectivity index is 1.77. The van der Waals surface area contributed by atoms with Crippen LogP contribution in [-0.4, -0.2) is 60.4 Å². The monoisotopic (exact) mass is 410 g/mol. The standard InChI is InChI=1S/C22H26N4O4/c1-24(10-3-9-23)15-8-11-25(12-15)18-7-6-16-19(21(18)30-2)26(14-4-5-14)13-17(20(16)27)22(28)29/h6-7,13-15H,3-5,8,10-12H2,1-2H3,(H,28,29). The van der Waals surface area contributed by atoms with Gasteiger partial charge < -0.3 is 24.2 Å². The molecule has 4 rings (SSSR count). The first-order valence-electron chi connectivity index (χ1n) is 10.3. The molecule has 0 amide bonds. The Morgan fingerprint density at radius 2 is 2.13 bits per heavy atom. The minimum Gasteiger partial charge on any atom is -0.492 e. The van der Waals surface area contributed by atoms with E-state index in [-0.39, 0.29) is 11.6 Å². The van der Waals surface area contributed by atoms with Gasteiger partial charge in [0.25, 0.3) is 0 Å². The number of pyridine rings is 1. The highest BCUT2D eigenvalue weighted by atomic mass is 16.5. The fourth-order valence-corrected chi connectivity index (χ4v) is 4.38. The molecular weight excluding hydrogens is 384 g/mol. The van der Waals surface area contributed by atoms with E-state index < -0.39 is 11.4 Å². The lowest BCUT2D eigenvalue weighted by Gasteiger charge is -2.26. The predicted molar refractivity (Wildman–Crippen MR) is 113 cm³/mol. The summed E-state index contributed by atoms with van der Waals surface area (Å²) >= 11 is 0. The molecule has 1 aliphatic carbocycles. The van der Waals surface area contributed by atoms with E-state index in [1.54, 1.807) is 13.2 Å². The molecule has 1 saturated carbocycles. The number of fused-ring (bicyclic) bond motifs is 1. The number of nitriles is 1. The van der Waals surface area contributed by atoms with E-state index >= 15 is 0 Å². The lowest BCUT2D eigenvalue weighted by Crippen LogP contribution is -2.35. The van der Waals surface area contributed by atoms with E-state index in [2.05, 4.69) is 15.9 Å². The van der Waals surface area contributed by atoms with Gasteiger partial charge in [-0.05, 0) is 38.4 Å². The molecule has 2 heterocycles. The molecule has 0 spiro atoms. The van der Waals surface area contributed by atoms with Gasteiger partial charge in [0.15, 0.2) is 5.75 Å². The highest BCUT2D eigenvalue weighted by Crippen LogP contribution is 2.43. The van der Waals surface area contributed by atoms with Crippen LogP contribution in [0.4, 0.5) is 5.69 Å². The van der Waals surface area contributed by atoms with Gasteiger partial charge in [-0.15, -0.1) is 0 Å². The van der Waals surface area contributed by atoms with Crippen molar-refractivity contribution in [2.24, 2.45) is 0 Å². The molecule has 1 N–H and O–H groups in total. The Kier molecular flexibility index (Phi) is 5.39. The number of hydrogen-bond acceptors (Lipinski definition) is 6. The molecule has 2 fully saturated rings. The number of likely N-dealkylation sites (N-methyl/N-ethyl adjacent to an activating group) is 1. The average Bonchev–Trinajstić information content (AvgIpc) is 3.46. The molecule has 0 bridgehead atoms. The smallest absolute Gasteiger partial charge is 0.341 e. The van der Waals surface area contributed by atoms with E-state index in [1.807, 2.05) is 17.7 Å². The largest absolute Gasteiger partial charge is 0.492 e. The fraction of sp³-hybridized carbons (Fsp3) is 0.500. The van der Waals surface area contributed by atoms with Gasteiger partial charge in [0.1, 0.15) is 5.56 Å². The predicted octanol–water partition coefficient (Wildman–Crippen LogP) is 2.47. The number of aromatic carboxylic acids is 1. The van der Waals surface area contributed by atoms with Crippen molar-refractivity contribution in [3.05, 3.63) is 34.1 Å². The zero-order valence-electron chi connectivity index (χ0n) is 17.3. The van der Waals surface area contributed by atoms with Crippen LogP contribution in [0.2, 0.25) is 0 Å². The first-order chi connectivity index (χ1) is 14.5. The second-order valence-corrected chi connectivity index (χ2v) is 8.11. The maximum Gasteiger partial charge on any atom is 0.341 e. The zero-order valence-corrected chi connectivity index (χ0v) is 17.3. The molecule has 1 aliphatic heterocycles. The molecule has 8 nitrogen and oxygen atoms in total. The Bertz CT molecular complexity index is 1080. The Hall–Kier alpha value is -3.05. The second-order valence-electron chi connectivity index (χ2n) is 8.11. The number of aromatic nitrogens is 1. The molecule has 1 unspecified atom stereocenters. The van der Waals surface area contributed by atoms with Crippen molar-refractivity contribution in [2.45, 2.75) is 37.8 Å². The number of benzene rings is 1. The lowest BCUT2D eigenvalue weighted by atomic mass is 10.1. The van der Waals surface area contributed by atoms with Crippen LogP contribution in [0, 0.1) is 11.3 Å². The molecule has 2 aliphatic rings. The normalized spacial score (nSPS) is 18.7. The molecule has 1 atom stereocenters. The van der Waals surface area contributed by atoms with E-state index in [9.17, 15) is 14.7 Å². The summed E-state index contributed by atoms with van der Waals surface area (Å²) in [5, 5.41) is 18.7. The Morgan fingerprint density at radius 1 is 1.37 bits per heavy atom. The van der Waals surface area contributed by atoms with Gasteiger partial charge in [-0.2, -0.15) is 5.26 Å². The van der Waals surface area contributed by atoms with Gasteiger partial charge in [0.05, 0.1) is 29.8 Å². The van der Waals surface area contributed by atoms with Crippen molar-refractivity contribution < 1.29 is 14.6 Å². The van der Waals surface area contributed by atoms with Gasteiger partial charge in [-0.25, -0.2) is 4.79 Å². The van der Waals surface area contributed by atoms with Crippen LogP contribution in [0.1, 0.15) is 42.1 Å². The number of anilines is 1. The van der Waals surface area contributed by atoms with Crippen LogP contribution in [0.25, 0.3) is 10.9 Å². The van der Waals surface area contributed by atoms with Gasteiger partial charge in [-0.1, -0.05) is 0 Å². The molecule has 2 aromatic rings. The summed E-state index contributed by atoms with van der Waals surface area (Å²) in [6.07, 6.45) is 4.88. The van der Waals surface area contributed by atoms with Crippen LogP contribution in [0.5, 0.6) is 5.75 Å². The van der Waals surface area contributed by atoms with Crippen LogP contribution < -0.4 is 15.1 Å². The topological polar surface area (TPSA) is 98.8 Å². The summed E-state index contributed by atoms with van der Waals surface area (Å²) in [5.74, 6) is -0.587. The number of nitrogens with zero attached hydrogens (tertiary/aromatic N) is 4. The highest BCUT2D eigenvalue weighted by Gasteiger charge is 2.32. The third-order valence-electron chi connectivity index (χ3n) is 6.20. The average molecular weight is 410 g/mol. The van der Waals surface area contributed by atoms with Gasteiger partial charge >= 0.3 is 5.97 Å². The van der Waals surface area contributed by atoms with E-state index in [1.165, 1.54) is 6.20 Å². The van der Waals surface area contributed by atoms with Crippen LogP contribution in [-0.2, 0) is 0 Å². The van der Waals surface area contributed by atoms with Crippen LogP contribution in [0.3, 0.4) is 0 Å². The summed E-state index contributed by atoms with van der Waals surface area (Å²) in [4.78, 5) is 28.9. The molecule has 0 radical (unpaired) electrons. The SMILES string of the molecule is COc1c(N2CCC(N(C)CCC#N)C2)ccc2c(=O)c(C(=O)O)cn(C3CC3)c12. The summed E-state index contributed by atoms with van der Waals surface area (Å²) in [6.45, 7) is 2.40. The highest BCUT2D eigenvalue weighted by molar-refractivity contribution is 5.97.